The van der Waals surface area contributed by atoms with E-state index in [0.717, 1.165) is 17.0 Å². The molecule has 0 aliphatic rings. The van der Waals surface area contributed by atoms with Gasteiger partial charge in [0.15, 0.2) is 0 Å². The Morgan fingerprint density at radius 2 is 2.19 bits per heavy atom. The van der Waals surface area contributed by atoms with Crippen LogP contribution in [-0.2, 0) is 4.79 Å². The second-order valence-corrected chi connectivity index (χ2v) is 3.54. The van der Waals surface area contributed by atoms with Gasteiger partial charge in [0.1, 0.15) is 5.75 Å². The van der Waals surface area contributed by atoms with Crippen molar-refractivity contribution in [2.45, 2.75) is 13.8 Å². The van der Waals surface area contributed by atoms with Gasteiger partial charge in [0.05, 0.1) is 13.2 Å². The lowest BCUT2D eigenvalue weighted by Crippen LogP contribution is -2.32. The molecule has 0 aliphatic heterocycles. The molecule has 0 unspecified atom stereocenters. The van der Waals surface area contributed by atoms with Crippen molar-refractivity contribution >= 4 is 11.6 Å². The van der Waals surface area contributed by atoms with Crippen molar-refractivity contribution in [3.8, 4) is 5.75 Å². The smallest absolute Gasteiger partial charge is 0.240 e. The normalized spacial score (nSPS) is 10.0. The third-order valence-electron chi connectivity index (χ3n) is 2.39. The Bertz CT molecular complexity index is 377. The topological polar surface area (TPSA) is 55.6 Å². The van der Waals surface area contributed by atoms with Crippen LogP contribution in [0.2, 0.25) is 0 Å². The minimum Gasteiger partial charge on any atom is -0.494 e. The van der Waals surface area contributed by atoms with Crippen LogP contribution in [0.1, 0.15) is 12.5 Å². The van der Waals surface area contributed by atoms with Gasteiger partial charge in [-0.3, -0.25) is 4.79 Å². The number of amides is 1. The molecule has 0 radical (unpaired) electrons. The van der Waals surface area contributed by atoms with Gasteiger partial charge in [-0.1, -0.05) is 0 Å². The van der Waals surface area contributed by atoms with E-state index in [2.05, 4.69) is 0 Å². The molecule has 4 nitrogen and oxygen atoms in total. The first-order valence-corrected chi connectivity index (χ1v) is 5.30. The summed E-state index contributed by atoms with van der Waals surface area (Å²) in [6, 6.07) is 5.64. The summed E-state index contributed by atoms with van der Waals surface area (Å²) in [5.74, 6) is 0.739. The highest BCUT2D eigenvalue weighted by molar-refractivity contribution is 5.94. The number of ether oxygens (including phenoxy) is 1. The minimum absolute atomic E-state index is 0.0166. The summed E-state index contributed by atoms with van der Waals surface area (Å²) in [6.07, 6.45) is 0. The number of anilines is 1. The van der Waals surface area contributed by atoms with Crippen LogP contribution in [0.3, 0.4) is 0 Å². The van der Waals surface area contributed by atoms with Gasteiger partial charge in [0.2, 0.25) is 5.91 Å². The van der Waals surface area contributed by atoms with E-state index in [1.807, 2.05) is 32.0 Å². The first-order valence-electron chi connectivity index (χ1n) is 5.30. The highest BCUT2D eigenvalue weighted by Gasteiger charge is 2.10. The Balaban J connectivity index is 2.92. The lowest BCUT2D eigenvalue weighted by atomic mass is 10.2. The van der Waals surface area contributed by atoms with E-state index in [1.54, 1.807) is 11.9 Å². The average molecular weight is 222 g/mol. The Hall–Kier alpha value is -1.55. The number of carbonyl (C=O) groups excluding carboxylic acids is 1. The maximum absolute atomic E-state index is 11.4. The molecule has 0 heterocycles. The molecular weight excluding hydrogens is 204 g/mol. The zero-order valence-corrected chi connectivity index (χ0v) is 9.99. The number of benzene rings is 1. The van der Waals surface area contributed by atoms with Crippen molar-refractivity contribution in [3.63, 3.8) is 0 Å². The van der Waals surface area contributed by atoms with Crippen molar-refractivity contribution in [1.82, 2.24) is 0 Å². The molecule has 1 aromatic rings. The molecule has 88 valence electrons. The summed E-state index contributed by atoms with van der Waals surface area (Å²) in [4.78, 5) is 12.9. The molecule has 4 heteroatoms. The van der Waals surface area contributed by atoms with E-state index in [4.69, 9.17) is 10.5 Å². The second-order valence-electron chi connectivity index (χ2n) is 3.54. The van der Waals surface area contributed by atoms with Crippen molar-refractivity contribution in [3.05, 3.63) is 23.8 Å². The SMILES string of the molecule is CCOc1ccc(N(C)C(=O)CN)cc1C. The van der Waals surface area contributed by atoms with E-state index in [1.165, 1.54) is 0 Å². The summed E-state index contributed by atoms with van der Waals surface area (Å²) in [5.41, 5.74) is 7.15. The molecule has 0 fully saturated rings. The van der Waals surface area contributed by atoms with Gasteiger partial charge in [0.25, 0.3) is 0 Å². The maximum Gasteiger partial charge on any atom is 0.240 e. The van der Waals surface area contributed by atoms with Gasteiger partial charge in [0, 0.05) is 12.7 Å². The van der Waals surface area contributed by atoms with Gasteiger partial charge < -0.3 is 15.4 Å². The molecule has 0 bridgehead atoms. The molecule has 0 spiro atoms. The summed E-state index contributed by atoms with van der Waals surface area (Å²) in [7, 11) is 1.71. The number of aryl methyl sites for hydroxylation is 1. The zero-order chi connectivity index (χ0) is 12.1. The summed E-state index contributed by atoms with van der Waals surface area (Å²) in [6.45, 7) is 4.55. The van der Waals surface area contributed by atoms with Crippen molar-refractivity contribution in [2.24, 2.45) is 5.73 Å². The van der Waals surface area contributed by atoms with E-state index in [-0.39, 0.29) is 12.5 Å². The van der Waals surface area contributed by atoms with Crippen LogP contribution < -0.4 is 15.4 Å². The molecule has 1 rings (SSSR count). The molecule has 1 aromatic carbocycles. The molecule has 0 saturated heterocycles. The van der Waals surface area contributed by atoms with Gasteiger partial charge in [-0.05, 0) is 37.6 Å². The Labute approximate surface area is 96.0 Å². The third kappa shape index (κ3) is 2.73. The lowest BCUT2D eigenvalue weighted by molar-refractivity contribution is -0.117. The highest BCUT2D eigenvalue weighted by Crippen LogP contribution is 2.23. The Kier molecular flexibility index (Phi) is 4.31. The van der Waals surface area contributed by atoms with E-state index in [0.29, 0.717) is 6.61 Å². The molecule has 0 atom stereocenters. The van der Waals surface area contributed by atoms with Crippen molar-refractivity contribution in [1.29, 1.82) is 0 Å². The number of rotatable bonds is 4. The third-order valence-corrected chi connectivity index (χ3v) is 2.39. The first kappa shape index (κ1) is 12.5. The number of carbonyl (C=O) groups is 1. The lowest BCUT2D eigenvalue weighted by Gasteiger charge is -2.18. The van der Waals surface area contributed by atoms with Crippen LogP contribution in [0.15, 0.2) is 18.2 Å². The quantitative estimate of drug-likeness (QED) is 0.835. The number of hydrogen-bond acceptors (Lipinski definition) is 3. The number of likely N-dealkylation sites (N-methyl/N-ethyl adjacent to an activating group) is 1. The number of hydrogen-bond donors (Lipinski definition) is 1. The monoisotopic (exact) mass is 222 g/mol. The van der Waals surface area contributed by atoms with Crippen LogP contribution in [0.25, 0.3) is 0 Å². The fourth-order valence-corrected chi connectivity index (χ4v) is 1.44. The van der Waals surface area contributed by atoms with Gasteiger partial charge in [-0.2, -0.15) is 0 Å². The Morgan fingerprint density at radius 1 is 1.50 bits per heavy atom. The van der Waals surface area contributed by atoms with Crippen molar-refractivity contribution < 1.29 is 9.53 Å². The van der Waals surface area contributed by atoms with Crippen LogP contribution in [0, 0.1) is 6.92 Å². The summed E-state index contributed by atoms with van der Waals surface area (Å²) in [5, 5.41) is 0. The predicted octanol–water partition coefficient (Wildman–Crippen LogP) is 1.32. The van der Waals surface area contributed by atoms with Crippen LogP contribution >= 0.6 is 0 Å². The molecule has 16 heavy (non-hydrogen) atoms. The van der Waals surface area contributed by atoms with Gasteiger partial charge in [-0.25, -0.2) is 0 Å². The van der Waals surface area contributed by atoms with Crippen LogP contribution in [0.4, 0.5) is 5.69 Å². The zero-order valence-electron chi connectivity index (χ0n) is 9.99. The molecule has 0 saturated carbocycles. The predicted molar refractivity (Wildman–Crippen MR) is 64.8 cm³/mol. The minimum atomic E-state index is -0.108. The largest absolute Gasteiger partial charge is 0.494 e. The number of nitrogens with two attached hydrogens (primary N) is 1. The maximum atomic E-state index is 11.4. The molecule has 0 aromatic heterocycles. The van der Waals surface area contributed by atoms with E-state index in [9.17, 15) is 4.79 Å². The molecular formula is C12H18N2O2. The molecule has 0 aliphatic carbocycles. The average Bonchev–Trinajstić information content (AvgIpc) is 2.30. The highest BCUT2D eigenvalue weighted by atomic mass is 16.5. The van der Waals surface area contributed by atoms with Crippen LogP contribution in [-0.4, -0.2) is 26.1 Å². The summed E-state index contributed by atoms with van der Waals surface area (Å²) >= 11 is 0. The first-order chi connectivity index (χ1) is 7.60. The Morgan fingerprint density at radius 3 is 2.69 bits per heavy atom. The molecule has 2 N–H and O–H groups in total. The standard InChI is InChI=1S/C12H18N2O2/c1-4-16-11-6-5-10(7-9(11)2)14(3)12(15)8-13/h5-7H,4,8,13H2,1-3H3. The summed E-state index contributed by atoms with van der Waals surface area (Å²) < 4.78 is 5.43. The van der Waals surface area contributed by atoms with Gasteiger partial charge >= 0.3 is 0 Å². The number of nitrogens with zero attached hydrogens (tertiary/aromatic N) is 1. The van der Waals surface area contributed by atoms with E-state index >= 15 is 0 Å². The fraction of sp³-hybridized carbons (Fsp3) is 0.417. The van der Waals surface area contributed by atoms with Crippen LogP contribution in [0.5, 0.6) is 5.75 Å². The molecule has 1 amide bonds. The fourth-order valence-electron chi connectivity index (χ4n) is 1.44. The van der Waals surface area contributed by atoms with Crippen molar-refractivity contribution in [2.75, 3.05) is 25.1 Å². The van der Waals surface area contributed by atoms with E-state index < -0.39 is 0 Å². The second kappa shape index (κ2) is 5.51. The van der Waals surface area contributed by atoms with Gasteiger partial charge in [-0.15, -0.1) is 0 Å².